The van der Waals surface area contributed by atoms with Gasteiger partial charge >= 0.3 is 0 Å². The lowest BCUT2D eigenvalue weighted by molar-refractivity contribution is 0.145. The molecule has 1 saturated carbocycles. The first-order valence-corrected chi connectivity index (χ1v) is 7.31. The van der Waals surface area contributed by atoms with Crippen LogP contribution in [0.2, 0.25) is 0 Å². The van der Waals surface area contributed by atoms with Crippen LogP contribution in [0.1, 0.15) is 38.2 Å². The van der Waals surface area contributed by atoms with Crippen LogP contribution in [0.5, 0.6) is 0 Å². The smallest absolute Gasteiger partial charge is 0.0612 e. The number of anilines is 1. The summed E-state index contributed by atoms with van der Waals surface area (Å²) in [6.07, 6.45) is 4.08. The Balaban J connectivity index is 2.17. The molecule has 106 valence electrons. The second-order valence-corrected chi connectivity index (χ2v) is 5.90. The number of aryl methyl sites for hydroxylation is 1. The third-order valence-electron chi connectivity index (χ3n) is 4.28. The molecule has 0 heterocycles. The maximum atomic E-state index is 9.49. The summed E-state index contributed by atoms with van der Waals surface area (Å²) < 4.78 is 0. The van der Waals surface area contributed by atoms with Gasteiger partial charge in [0.15, 0.2) is 0 Å². The van der Waals surface area contributed by atoms with Crippen LogP contribution in [0.4, 0.5) is 5.69 Å². The Morgan fingerprint density at radius 1 is 1.47 bits per heavy atom. The highest BCUT2D eigenvalue weighted by molar-refractivity contribution is 5.49. The molecule has 1 aliphatic rings. The average molecular weight is 262 g/mol. The summed E-state index contributed by atoms with van der Waals surface area (Å²) >= 11 is 0. The van der Waals surface area contributed by atoms with Crippen LogP contribution >= 0.6 is 0 Å². The van der Waals surface area contributed by atoms with Gasteiger partial charge in [-0.2, -0.15) is 0 Å². The standard InChI is InChI=1S/C16H26N2O/c1-3-18(14-7-4-6-13(2)10-14)15-8-5-9-16(17,11-15)12-19/h4,6-7,10,15,19H,3,5,8-9,11-12,17H2,1-2H3. The first-order chi connectivity index (χ1) is 9.08. The number of aliphatic hydroxyl groups is 1. The van der Waals surface area contributed by atoms with Crippen molar-refractivity contribution in [3.8, 4) is 0 Å². The number of rotatable bonds is 4. The summed E-state index contributed by atoms with van der Waals surface area (Å²) in [6, 6.07) is 9.08. The first-order valence-electron chi connectivity index (χ1n) is 7.31. The quantitative estimate of drug-likeness (QED) is 0.876. The van der Waals surface area contributed by atoms with Crippen molar-refractivity contribution in [2.45, 2.75) is 51.1 Å². The van der Waals surface area contributed by atoms with Gasteiger partial charge in [0, 0.05) is 23.8 Å². The highest BCUT2D eigenvalue weighted by Crippen LogP contribution is 2.32. The van der Waals surface area contributed by atoms with Gasteiger partial charge in [-0.15, -0.1) is 0 Å². The molecule has 1 fully saturated rings. The largest absolute Gasteiger partial charge is 0.394 e. The average Bonchev–Trinajstić information content (AvgIpc) is 2.40. The zero-order valence-corrected chi connectivity index (χ0v) is 12.1. The fourth-order valence-electron chi connectivity index (χ4n) is 3.23. The summed E-state index contributed by atoms with van der Waals surface area (Å²) in [5.41, 5.74) is 8.44. The Hall–Kier alpha value is -1.06. The fourth-order valence-corrected chi connectivity index (χ4v) is 3.23. The molecular formula is C16H26N2O. The number of hydrogen-bond donors (Lipinski definition) is 2. The number of nitrogens with two attached hydrogens (primary N) is 1. The molecule has 0 amide bonds. The van der Waals surface area contributed by atoms with Crippen LogP contribution < -0.4 is 10.6 Å². The van der Waals surface area contributed by atoms with Crippen LogP contribution in [0.25, 0.3) is 0 Å². The van der Waals surface area contributed by atoms with Gasteiger partial charge < -0.3 is 15.7 Å². The zero-order chi connectivity index (χ0) is 13.9. The third kappa shape index (κ3) is 3.28. The molecule has 3 heteroatoms. The van der Waals surface area contributed by atoms with Gasteiger partial charge in [-0.05, 0) is 57.2 Å². The van der Waals surface area contributed by atoms with E-state index >= 15 is 0 Å². The highest BCUT2D eigenvalue weighted by Gasteiger charge is 2.34. The molecule has 2 rings (SSSR count). The van der Waals surface area contributed by atoms with E-state index in [0.29, 0.717) is 6.04 Å². The minimum atomic E-state index is -0.389. The van der Waals surface area contributed by atoms with Crippen LogP contribution in [0.15, 0.2) is 24.3 Å². The van der Waals surface area contributed by atoms with Crippen molar-refractivity contribution in [1.29, 1.82) is 0 Å². The number of nitrogens with zero attached hydrogens (tertiary/aromatic N) is 1. The molecule has 3 N–H and O–H groups in total. The lowest BCUT2D eigenvalue weighted by Gasteiger charge is -2.42. The van der Waals surface area contributed by atoms with E-state index in [-0.39, 0.29) is 12.1 Å². The Labute approximate surface area is 116 Å². The Morgan fingerprint density at radius 2 is 2.26 bits per heavy atom. The van der Waals surface area contributed by atoms with Gasteiger partial charge in [-0.25, -0.2) is 0 Å². The summed E-state index contributed by atoms with van der Waals surface area (Å²) in [5, 5.41) is 9.49. The molecule has 0 saturated heterocycles. The summed E-state index contributed by atoms with van der Waals surface area (Å²) in [4.78, 5) is 2.43. The first kappa shape index (κ1) is 14.4. The number of benzene rings is 1. The molecule has 0 bridgehead atoms. The molecule has 0 aliphatic heterocycles. The maximum absolute atomic E-state index is 9.49. The van der Waals surface area contributed by atoms with Gasteiger partial charge in [0.1, 0.15) is 0 Å². The summed E-state index contributed by atoms with van der Waals surface area (Å²) in [5.74, 6) is 0. The molecule has 1 aromatic carbocycles. The number of aliphatic hydroxyl groups excluding tert-OH is 1. The van der Waals surface area contributed by atoms with Gasteiger partial charge in [-0.3, -0.25) is 0 Å². The molecule has 0 spiro atoms. The van der Waals surface area contributed by atoms with Crippen molar-refractivity contribution >= 4 is 5.69 Å². The topological polar surface area (TPSA) is 49.5 Å². The fraction of sp³-hybridized carbons (Fsp3) is 0.625. The molecule has 0 radical (unpaired) electrons. The Morgan fingerprint density at radius 3 is 2.89 bits per heavy atom. The number of hydrogen-bond acceptors (Lipinski definition) is 3. The van der Waals surface area contributed by atoms with E-state index in [1.807, 2.05) is 0 Å². The van der Waals surface area contributed by atoms with Crippen LogP contribution in [-0.2, 0) is 0 Å². The normalized spacial score (nSPS) is 27.3. The van der Waals surface area contributed by atoms with E-state index in [9.17, 15) is 5.11 Å². The van der Waals surface area contributed by atoms with Crippen molar-refractivity contribution in [1.82, 2.24) is 0 Å². The van der Waals surface area contributed by atoms with Gasteiger partial charge in [0.2, 0.25) is 0 Å². The molecule has 0 aromatic heterocycles. The summed E-state index contributed by atoms with van der Waals surface area (Å²) in [7, 11) is 0. The molecule has 1 aliphatic carbocycles. The molecule has 19 heavy (non-hydrogen) atoms. The lowest BCUT2D eigenvalue weighted by atomic mass is 9.79. The Kier molecular flexibility index (Phi) is 4.48. The third-order valence-corrected chi connectivity index (χ3v) is 4.28. The van der Waals surface area contributed by atoms with Gasteiger partial charge in [0.25, 0.3) is 0 Å². The monoisotopic (exact) mass is 262 g/mol. The van der Waals surface area contributed by atoms with Crippen LogP contribution in [0, 0.1) is 6.92 Å². The van der Waals surface area contributed by atoms with Gasteiger partial charge in [0.05, 0.1) is 6.61 Å². The SMILES string of the molecule is CCN(c1cccc(C)c1)C1CCCC(N)(CO)C1. The minimum Gasteiger partial charge on any atom is -0.394 e. The van der Waals surface area contributed by atoms with Crippen molar-refractivity contribution < 1.29 is 5.11 Å². The van der Waals surface area contributed by atoms with E-state index < -0.39 is 0 Å². The molecule has 2 unspecified atom stereocenters. The molecule has 3 nitrogen and oxygen atoms in total. The maximum Gasteiger partial charge on any atom is 0.0612 e. The minimum absolute atomic E-state index is 0.0921. The predicted octanol–water partition coefficient (Wildman–Crippen LogP) is 2.45. The van der Waals surface area contributed by atoms with Crippen molar-refractivity contribution in [3.05, 3.63) is 29.8 Å². The van der Waals surface area contributed by atoms with E-state index in [0.717, 1.165) is 25.8 Å². The van der Waals surface area contributed by atoms with E-state index in [1.165, 1.54) is 17.7 Å². The van der Waals surface area contributed by atoms with Crippen LogP contribution in [-0.4, -0.2) is 29.8 Å². The van der Waals surface area contributed by atoms with Crippen LogP contribution in [0.3, 0.4) is 0 Å². The second kappa shape index (κ2) is 5.93. The van der Waals surface area contributed by atoms with E-state index in [2.05, 4.69) is 43.0 Å². The highest BCUT2D eigenvalue weighted by atomic mass is 16.3. The molecule has 1 aromatic rings. The Bertz CT molecular complexity index is 421. The van der Waals surface area contributed by atoms with Crippen molar-refractivity contribution in [2.75, 3.05) is 18.1 Å². The zero-order valence-electron chi connectivity index (χ0n) is 12.1. The molecule has 2 atom stereocenters. The second-order valence-electron chi connectivity index (χ2n) is 5.90. The lowest BCUT2D eigenvalue weighted by Crippen LogP contribution is -2.53. The predicted molar refractivity (Wildman–Crippen MR) is 80.5 cm³/mol. The van der Waals surface area contributed by atoms with Crippen molar-refractivity contribution in [3.63, 3.8) is 0 Å². The van der Waals surface area contributed by atoms with Gasteiger partial charge in [-0.1, -0.05) is 12.1 Å². The van der Waals surface area contributed by atoms with E-state index in [1.54, 1.807) is 0 Å². The van der Waals surface area contributed by atoms with E-state index in [4.69, 9.17) is 5.73 Å². The summed E-state index contributed by atoms with van der Waals surface area (Å²) in [6.45, 7) is 5.39. The van der Waals surface area contributed by atoms with Crippen molar-refractivity contribution in [2.24, 2.45) is 5.73 Å². The molecular weight excluding hydrogens is 236 g/mol.